The molecule has 0 radical (unpaired) electrons. The van der Waals surface area contributed by atoms with E-state index in [1.165, 1.54) is 24.3 Å². The van der Waals surface area contributed by atoms with Crippen LogP contribution in [0.15, 0.2) is 82.1 Å². The van der Waals surface area contributed by atoms with Crippen LogP contribution in [0.5, 0.6) is 0 Å². The fourth-order valence-electron chi connectivity index (χ4n) is 3.70. The smallest absolute Gasteiger partial charge is 0.338 e. The van der Waals surface area contributed by atoms with Crippen LogP contribution in [-0.4, -0.2) is 43.2 Å². The minimum absolute atomic E-state index is 0.0388. The van der Waals surface area contributed by atoms with Gasteiger partial charge in [-0.05, 0) is 36.8 Å². The first-order valence-electron chi connectivity index (χ1n) is 10.4. The van der Waals surface area contributed by atoms with Crippen LogP contribution in [0.4, 0.5) is 5.69 Å². The highest BCUT2D eigenvalue weighted by molar-refractivity contribution is 7.90. The Bertz CT molecular complexity index is 1390. The number of nitro groups is 1. The predicted octanol–water partition coefficient (Wildman–Crippen LogP) is 3.71. The molecule has 0 N–H and O–H groups in total. The molecule has 0 spiro atoms. The highest BCUT2D eigenvalue weighted by Crippen LogP contribution is 2.28. The zero-order valence-corrected chi connectivity index (χ0v) is 19.1. The van der Waals surface area contributed by atoms with Gasteiger partial charge in [0.25, 0.3) is 15.7 Å². The number of benzene rings is 3. The summed E-state index contributed by atoms with van der Waals surface area (Å²) < 4.78 is 34.5. The molecule has 0 aliphatic carbocycles. The Balaban J connectivity index is 1.53. The zero-order valence-electron chi connectivity index (χ0n) is 18.2. The second-order valence-corrected chi connectivity index (χ2v) is 9.26. The fourth-order valence-corrected chi connectivity index (χ4v) is 4.93. The van der Waals surface area contributed by atoms with Gasteiger partial charge in [0.15, 0.2) is 5.84 Å². The van der Waals surface area contributed by atoms with Crippen molar-refractivity contribution in [3.05, 3.63) is 105 Å². The van der Waals surface area contributed by atoms with Gasteiger partial charge in [0, 0.05) is 23.7 Å². The number of hydrogen-bond acceptors (Lipinski definition) is 7. The molecule has 0 unspecified atom stereocenters. The summed E-state index contributed by atoms with van der Waals surface area (Å²) in [5.74, 6) is -0.333. The molecule has 174 valence electrons. The van der Waals surface area contributed by atoms with Gasteiger partial charge >= 0.3 is 5.97 Å². The Labute approximate surface area is 196 Å². The van der Waals surface area contributed by atoms with E-state index in [4.69, 9.17) is 4.74 Å². The number of amidine groups is 1. The molecule has 10 heteroatoms. The molecule has 0 fully saturated rings. The van der Waals surface area contributed by atoms with Crippen molar-refractivity contribution >= 4 is 27.5 Å². The van der Waals surface area contributed by atoms with Crippen molar-refractivity contribution in [1.29, 1.82) is 0 Å². The van der Waals surface area contributed by atoms with E-state index in [2.05, 4.69) is 4.40 Å². The summed E-state index contributed by atoms with van der Waals surface area (Å²) in [6, 6.07) is 20.1. The summed E-state index contributed by atoms with van der Waals surface area (Å²) >= 11 is 0. The van der Waals surface area contributed by atoms with Crippen LogP contribution in [-0.2, 0) is 21.3 Å². The first-order chi connectivity index (χ1) is 16.3. The summed E-state index contributed by atoms with van der Waals surface area (Å²) in [6.45, 7) is 2.06. The fraction of sp³-hybridized carbons (Fsp3) is 0.167. The van der Waals surface area contributed by atoms with E-state index in [1.807, 2.05) is 30.3 Å². The topological polar surface area (TPSA) is 119 Å². The molecular formula is C24H21N3O6S. The standard InChI is InChI=1S/C24H21N3O6S/c1-17-15-19(11-12-21(17)27(29)30)24(28)33-14-13-26(16-18-7-3-2-4-8-18)23-20-9-5-6-10-22(20)34(31,32)25-23/h2-12,15H,13-14,16H2,1H3. The molecule has 1 aliphatic heterocycles. The van der Waals surface area contributed by atoms with Gasteiger partial charge in [0.1, 0.15) is 11.5 Å². The first-order valence-corrected chi connectivity index (χ1v) is 11.9. The van der Waals surface area contributed by atoms with E-state index in [-0.39, 0.29) is 29.3 Å². The van der Waals surface area contributed by atoms with Crippen LogP contribution < -0.4 is 0 Å². The number of rotatable bonds is 7. The first kappa shape index (κ1) is 23.1. The quantitative estimate of drug-likeness (QED) is 0.288. The molecule has 34 heavy (non-hydrogen) atoms. The number of hydrogen-bond donors (Lipinski definition) is 0. The van der Waals surface area contributed by atoms with Crippen molar-refractivity contribution in [2.75, 3.05) is 13.2 Å². The number of carbonyl (C=O) groups is 1. The Kier molecular flexibility index (Phi) is 6.42. The van der Waals surface area contributed by atoms with Crippen LogP contribution in [0.25, 0.3) is 0 Å². The van der Waals surface area contributed by atoms with Crippen molar-refractivity contribution in [2.45, 2.75) is 18.4 Å². The Morgan fingerprint density at radius 3 is 2.47 bits per heavy atom. The maximum Gasteiger partial charge on any atom is 0.338 e. The SMILES string of the molecule is Cc1cc(C(=O)OCCN(Cc2ccccc2)C2=NS(=O)(=O)c3ccccc32)ccc1[N+](=O)[O-]. The highest BCUT2D eigenvalue weighted by Gasteiger charge is 2.31. The summed E-state index contributed by atoms with van der Waals surface area (Å²) in [6.07, 6.45) is 0. The average molecular weight is 480 g/mol. The summed E-state index contributed by atoms with van der Waals surface area (Å²) in [5.41, 5.74) is 1.90. The van der Waals surface area contributed by atoms with Crippen molar-refractivity contribution in [2.24, 2.45) is 4.40 Å². The molecule has 1 heterocycles. The molecule has 0 bridgehead atoms. The molecule has 0 aromatic heterocycles. The van der Waals surface area contributed by atoms with Gasteiger partial charge in [-0.25, -0.2) is 4.79 Å². The second kappa shape index (κ2) is 9.44. The molecule has 1 aliphatic rings. The number of nitro benzene ring substituents is 1. The predicted molar refractivity (Wildman–Crippen MR) is 125 cm³/mol. The van der Waals surface area contributed by atoms with E-state index in [0.717, 1.165) is 5.56 Å². The molecule has 3 aromatic carbocycles. The van der Waals surface area contributed by atoms with Crippen molar-refractivity contribution < 1.29 is 22.9 Å². The Morgan fingerprint density at radius 2 is 1.76 bits per heavy atom. The van der Waals surface area contributed by atoms with Crippen LogP contribution in [0, 0.1) is 17.0 Å². The van der Waals surface area contributed by atoms with E-state index in [9.17, 15) is 23.3 Å². The second-order valence-electron chi connectivity index (χ2n) is 7.69. The lowest BCUT2D eigenvalue weighted by Crippen LogP contribution is -2.34. The summed E-state index contributed by atoms with van der Waals surface area (Å²) in [5, 5.41) is 11.0. The lowest BCUT2D eigenvalue weighted by atomic mass is 10.1. The third kappa shape index (κ3) is 4.81. The maximum absolute atomic E-state index is 12.5. The molecule has 0 saturated carbocycles. The number of aryl methyl sites for hydroxylation is 1. The van der Waals surface area contributed by atoms with Crippen LogP contribution in [0.1, 0.15) is 27.0 Å². The third-order valence-corrected chi connectivity index (χ3v) is 6.68. The van der Waals surface area contributed by atoms with E-state index < -0.39 is 20.9 Å². The van der Waals surface area contributed by atoms with Crippen molar-refractivity contribution in [1.82, 2.24) is 4.90 Å². The molecule has 0 saturated heterocycles. The van der Waals surface area contributed by atoms with Crippen LogP contribution >= 0.6 is 0 Å². The zero-order chi connectivity index (χ0) is 24.3. The minimum atomic E-state index is -3.81. The lowest BCUT2D eigenvalue weighted by Gasteiger charge is -2.24. The highest BCUT2D eigenvalue weighted by atomic mass is 32.2. The largest absolute Gasteiger partial charge is 0.460 e. The van der Waals surface area contributed by atoms with E-state index >= 15 is 0 Å². The molecule has 4 rings (SSSR count). The van der Waals surface area contributed by atoms with Gasteiger partial charge in [-0.3, -0.25) is 10.1 Å². The Hall–Kier alpha value is -4.05. The van der Waals surface area contributed by atoms with Gasteiger partial charge in [0.05, 0.1) is 17.0 Å². The number of fused-ring (bicyclic) bond motifs is 1. The lowest BCUT2D eigenvalue weighted by molar-refractivity contribution is -0.385. The van der Waals surface area contributed by atoms with Gasteiger partial charge < -0.3 is 9.64 Å². The molecule has 0 atom stereocenters. The average Bonchev–Trinajstić information content (AvgIpc) is 3.09. The molecule has 0 amide bonds. The van der Waals surface area contributed by atoms with Gasteiger partial charge in [0.2, 0.25) is 0 Å². The Morgan fingerprint density at radius 1 is 1.06 bits per heavy atom. The van der Waals surface area contributed by atoms with Crippen LogP contribution in [0.3, 0.4) is 0 Å². The summed E-state index contributed by atoms with van der Waals surface area (Å²) in [7, 11) is -3.81. The van der Waals surface area contributed by atoms with Crippen molar-refractivity contribution in [3.8, 4) is 0 Å². The van der Waals surface area contributed by atoms with Crippen LogP contribution in [0.2, 0.25) is 0 Å². The summed E-state index contributed by atoms with van der Waals surface area (Å²) in [4.78, 5) is 24.9. The minimum Gasteiger partial charge on any atom is -0.460 e. The van der Waals surface area contributed by atoms with Gasteiger partial charge in [-0.15, -0.1) is 4.40 Å². The van der Waals surface area contributed by atoms with E-state index in [1.54, 1.807) is 30.0 Å². The third-order valence-electron chi connectivity index (χ3n) is 5.35. The van der Waals surface area contributed by atoms with E-state index in [0.29, 0.717) is 23.5 Å². The maximum atomic E-state index is 12.5. The van der Waals surface area contributed by atoms with Gasteiger partial charge in [-0.2, -0.15) is 8.42 Å². The molecular weight excluding hydrogens is 458 g/mol. The normalized spacial score (nSPS) is 13.6. The number of carbonyl (C=O) groups excluding carboxylic acids is 1. The monoisotopic (exact) mass is 479 g/mol. The molecule has 3 aromatic rings. The molecule has 9 nitrogen and oxygen atoms in total. The number of sulfonamides is 1. The number of esters is 1. The van der Waals surface area contributed by atoms with Gasteiger partial charge in [-0.1, -0.05) is 42.5 Å². The number of ether oxygens (including phenoxy) is 1. The van der Waals surface area contributed by atoms with Crippen molar-refractivity contribution in [3.63, 3.8) is 0 Å². The number of nitrogens with zero attached hydrogens (tertiary/aromatic N) is 3.